The second kappa shape index (κ2) is 6.37. The maximum Gasteiger partial charge on any atom is 0.278 e. The molecule has 6 nitrogen and oxygen atoms in total. The van der Waals surface area contributed by atoms with Gasteiger partial charge in [0.15, 0.2) is 0 Å². The first-order valence-electron chi connectivity index (χ1n) is 6.66. The van der Waals surface area contributed by atoms with Gasteiger partial charge in [-0.25, -0.2) is 9.98 Å². The monoisotopic (exact) mass is 325 g/mol. The van der Waals surface area contributed by atoms with E-state index < -0.39 is 4.92 Å². The molecule has 0 bridgehead atoms. The minimum absolute atomic E-state index is 0.00836. The summed E-state index contributed by atoms with van der Waals surface area (Å²) in [6, 6.07) is 13.3. The number of hydrogen-bond donors (Lipinski definition) is 1. The van der Waals surface area contributed by atoms with E-state index in [0.29, 0.717) is 22.0 Å². The number of thiazole rings is 1. The fourth-order valence-electron chi connectivity index (χ4n) is 2.02. The molecular formula is C16H11N3O3S. The largest absolute Gasteiger partial charge is 0.507 e. The number of nitrogens with zero attached hydrogens (tertiary/aromatic N) is 3. The lowest BCUT2D eigenvalue weighted by atomic mass is 10.1. The van der Waals surface area contributed by atoms with Crippen molar-refractivity contribution in [1.29, 1.82) is 0 Å². The lowest BCUT2D eigenvalue weighted by Gasteiger charge is -1.98. The third-order valence-corrected chi connectivity index (χ3v) is 3.87. The van der Waals surface area contributed by atoms with Crippen LogP contribution in [0.1, 0.15) is 5.56 Å². The molecule has 1 aromatic heterocycles. The summed E-state index contributed by atoms with van der Waals surface area (Å²) in [6.07, 6.45) is 1.51. The van der Waals surface area contributed by atoms with Gasteiger partial charge in [0.05, 0.1) is 16.2 Å². The Morgan fingerprint density at radius 3 is 2.70 bits per heavy atom. The molecule has 0 amide bonds. The first-order valence-corrected chi connectivity index (χ1v) is 7.54. The maximum atomic E-state index is 11.1. The van der Waals surface area contributed by atoms with E-state index >= 15 is 0 Å². The summed E-state index contributed by atoms with van der Waals surface area (Å²) in [5.74, 6) is 0.131. The van der Waals surface area contributed by atoms with Crippen molar-refractivity contribution in [3.63, 3.8) is 0 Å². The lowest BCUT2D eigenvalue weighted by Crippen LogP contribution is -1.91. The van der Waals surface area contributed by atoms with E-state index in [-0.39, 0.29) is 11.4 Å². The highest BCUT2D eigenvalue weighted by Crippen LogP contribution is 2.32. The average Bonchev–Trinajstić information content (AvgIpc) is 3.03. The molecule has 7 heteroatoms. The Hall–Kier alpha value is -3.06. The molecule has 0 aliphatic rings. The van der Waals surface area contributed by atoms with Gasteiger partial charge >= 0.3 is 0 Å². The van der Waals surface area contributed by atoms with Gasteiger partial charge < -0.3 is 5.11 Å². The van der Waals surface area contributed by atoms with Crippen molar-refractivity contribution in [2.24, 2.45) is 4.99 Å². The molecule has 0 aliphatic carbocycles. The van der Waals surface area contributed by atoms with Crippen molar-refractivity contribution in [2.45, 2.75) is 0 Å². The van der Waals surface area contributed by atoms with Crippen LogP contribution in [0.15, 0.2) is 58.9 Å². The SMILES string of the molecule is O=[N+]([O-])c1ccccc1-c1csc(/N=C/c2ccccc2O)n1. The standard InChI is InChI=1S/C16H11N3O3S/c20-15-8-4-1-5-11(15)9-17-16-18-13(10-23-16)12-6-2-3-7-14(12)19(21)22/h1-10,20H/b17-9+. The topological polar surface area (TPSA) is 88.6 Å². The zero-order valence-corrected chi connectivity index (χ0v) is 12.6. The van der Waals surface area contributed by atoms with Gasteiger partial charge in [-0.15, -0.1) is 11.3 Å². The van der Waals surface area contributed by atoms with E-state index in [2.05, 4.69) is 9.98 Å². The molecule has 1 N–H and O–H groups in total. The van der Waals surface area contributed by atoms with Gasteiger partial charge in [-0.2, -0.15) is 0 Å². The normalized spacial score (nSPS) is 11.0. The maximum absolute atomic E-state index is 11.1. The van der Waals surface area contributed by atoms with Crippen molar-refractivity contribution < 1.29 is 10.0 Å². The lowest BCUT2D eigenvalue weighted by molar-refractivity contribution is -0.384. The summed E-state index contributed by atoms with van der Waals surface area (Å²) in [7, 11) is 0. The van der Waals surface area contributed by atoms with E-state index in [1.54, 1.807) is 47.8 Å². The zero-order chi connectivity index (χ0) is 16.2. The predicted molar refractivity (Wildman–Crippen MR) is 89.6 cm³/mol. The molecule has 0 fully saturated rings. The van der Waals surface area contributed by atoms with E-state index in [4.69, 9.17) is 0 Å². The molecule has 3 rings (SSSR count). The van der Waals surface area contributed by atoms with Crippen molar-refractivity contribution >= 4 is 28.4 Å². The van der Waals surface area contributed by atoms with Crippen LogP contribution >= 0.6 is 11.3 Å². The Kier molecular flexibility index (Phi) is 4.11. The first-order chi connectivity index (χ1) is 11.1. The number of rotatable bonds is 4. The number of para-hydroxylation sites is 2. The number of aromatic hydroxyl groups is 1. The molecule has 0 atom stereocenters. The summed E-state index contributed by atoms with van der Waals surface area (Å²) >= 11 is 1.28. The van der Waals surface area contributed by atoms with Gasteiger partial charge in [0.2, 0.25) is 5.13 Å². The molecule has 0 radical (unpaired) electrons. The first kappa shape index (κ1) is 14.9. The van der Waals surface area contributed by atoms with Gasteiger partial charge in [-0.05, 0) is 18.2 Å². The molecule has 0 unspecified atom stereocenters. The third kappa shape index (κ3) is 3.24. The van der Waals surface area contributed by atoms with Crippen LogP contribution < -0.4 is 0 Å². The van der Waals surface area contributed by atoms with Gasteiger partial charge in [-0.3, -0.25) is 10.1 Å². The average molecular weight is 325 g/mol. The smallest absolute Gasteiger partial charge is 0.278 e. The summed E-state index contributed by atoms with van der Waals surface area (Å²) in [6.45, 7) is 0. The molecule has 0 saturated carbocycles. The van der Waals surface area contributed by atoms with Crippen LogP contribution in [0.3, 0.4) is 0 Å². The molecule has 3 aromatic rings. The summed E-state index contributed by atoms with van der Waals surface area (Å²) < 4.78 is 0. The number of nitro benzene ring substituents is 1. The molecule has 23 heavy (non-hydrogen) atoms. The second-order valence-electron chi connectivity index (χ2n) is 4.61. The van der Waals surface area contributed by atoms with Gasteiger partial charge in [0, 0.05) is 23.2 Å². The molecular weight excluding hydrogens is 314 g/mol. The number of benzene rings is 2. The van der Waals surface area contributed by atoms with E-state index in [9.17, 15) is 15.2 Å². The molecule has 1 heterocycles. The molecule has 0 aliphatic heterocycles. The Morgan fingerprint density at radius 1 is 1.17 bits per heavy atom. The Labute approximate surface area is 135 Å². The fraction of sp³-hybridized carbons (Fsp3) is 0. The Bertz CT molecular complexity index is 890. The Morgan fingerprint density at radius 2 is 1.91 bits per heavy atom. The van der Waals surface area contributed by atoms with E-state index in [0.717, 1.165) is 0 Å². The zero-order valence-electron chi connectivity index (χ0n) is 11.8. The highest BCUT2D eigenvalue weighted by atomic mass is 32.1. The third-order valence-electron chi connectivity index (χ3n) is 3.12. The van der Waals surface area contributed by atoms with Crippen molar-refractivity contribution in [3.8, 4) is 17.0 Å². The summed E-state index contributed by atoms with van der Waals surface area (Å²) in [5.41, 5.74) is 1.55. The summed E-state index contributed by atoms with van der Waals surface area (Å²) in [4.78, 5) is 19.2. The van der Waals surface area contributed by atoms with Crippen LogP contribution in [-0.4, -0.2) is 21.2 Å². The number of hydrogen-bond acceptors (Lipinski definition) is 6. The van der Waals surface area contributed by atoms with Crippen molar-refractivity contribution in [1.82, 2.24) is 4.98 Å². The quantitative estimate of drug-likeness (QED) is 0.443. The minimum atomic E-state index is -0.431. The number of aliphatic imine (C=N–C) groups is 1. The van der Waals surface area contributed by atoms with Crippen LogP contribution in [0.4, 0.5) is 10.8 Å². The second-order valence-corrected chi connectivity index (χ2v) is 5.44. The number of phenolic OH excluding ortho intramolecular Hbond substituents is 1. The van der Waals surface area contributed by atoms with Crippen molar-refractivity contribution in [3.05, 3.63) is 69.6 Å². The van der Waals surface area contributed by atoms with Crippen LogP contribution in [0.2, 0.25) is 0 Å². The summed E-state index contributed by atoms with van der Waals surface area (Å²) in [5, 5.41) is 22.9. The van der Waals surface area contributed by atoms with Gasteiger partial charge in [0.1, 0.15) is 5.75 Å². The number of phenols is 1. The van der Waals surface area contributed by atoms with Gasteiger partial charge in [0.25, 0.3) is 5.69 Å². The minimum Gasteiger partial charge on any atom is -0.507 e. The van der Waals surface area contributed by atoms with Gasteiger partial charge in [-0.1, -0.05) is 24.3 Å². The van der Waals surface area contributed by atoms with Crippen LogP contribution in [0, 0.1) is 10.1 Å². The highest BCUT2D eigenvalue weighted by Gasteiger charge is 2.16. The van der Waals surface area contributed by atoms with Crippen LogP contribution in [0.25, 0.3) is 11.3 Å². The Balaban J connectivity index is 1.90. The predicted octanol–water partition coefficient (Wildman–Crippen LogP) is 4.17. The number of aromatic nitrogens is 1. The highest BCUT2D eigenvalue weighted by molar-refractivity contribution is 7.13. The molecule has 0 saturated heterocycles. The fourth-order valence-corrected chi connectivity index (χ4v) is 2.68. The molecule has 114 valence electrons. The number of nitro groups is 1. The van der Waals surface area contributed by atoms with E-state index in [1.807, 2.05) is 0 Å². The van der Waals surface area contributed by atoms with Crippen molar-refractivity contribution in [2.75, 3.05) is 0 Å². The van der Waals surface area contributed by atoms with E-state index in [1.165, 1.54) is 23.6 Å². The molecule has 2 aromatic carbocycles. The van der Waals surface area contributed by atoms with Crippen LogP contribution in [-0.2, 0) is 0 Å². The van der Waals surface area contributed by atoms with Crippen LogP contribution in [0.5, 0.6) is 5.75 Å². The molecule has 0 spiro atoms.